The van der Waals surface area contributed by atoms with Gasteiger partial charge in [-0.1, -0.05) is 10.3 Å². The molecule has 2 saturated heterocycles. The van der Waals surface area contributed by atoms with Crippen molar-refractivity contribution in [3.63, 3.8) is 0 Å². The summed E-state index contributed by atoms with van der Waals surface area (Å²) in [6.07, 6.45) is 2.81. The first-order valence-electron chi connectivity index (χ1n) is 13.9. The molecule has 0 bridgehead atoms. The second-order valence-corrected chi connectivity index (χ2v) is 14.0. The van der Waals surface area contributed by atoms with Crippen LogP contribution in [0.25, 0.3) is 0 Å². The number of nitrogens with one attached hydrogen (secondary N) is 2. The molecule has 25 heteroatoms. The number of aromatic nitrogens is 2. The summed E-state index contributed by atoms with van der Waals surface area (Å²) in [4.78, 5) is 91.0. The summed E-state index contributed by atoms with van der Waals surface area (Å²) in [5.74, 6) is -4.47. The minimum Gasteiger partial charge on any atom is -0.543 e. The minimum atomic E-state index is -1.43. The van der Waals surface area contributed by atoms with Gasteiger partial charge in [0, 0.05) is 22.3 Å². The van der Waals surface area contributed by atoms with Crippen LogP contribution in [0.1, 0.15) is 11.4 Å². The first kappa shape index (κ1) is 39.8. The first-order chi connectivity index (χ1) is 23.9. The van der Waals surface area contributed by atoms with Crippen LogP contribution in [-0.2, 0) is 38.4 Å². The number of oxime groups is 2. The quantitative estimate of drug-likeness (QED) is 0.0767. The number of amides is 4. The molecule has 4 aliphatic rings. The topological polar surface area (TPSA) is 300 Å². The Morgan fingerprint density at radius 1 is 0.784 bits per heavy atom. The van der Waals surface area contributed by atoms with Crippen molar-refractivity contribution in [1.82, 2.24) is 30.4 Å². The Hall–Kier alpha value is -3.94. The van der Waals surface area contributed by atoms with Crippen LogP contribution in [0.4, 0.5) is 10.3 Å². The molecule has 4 aliphatic heterocycles. The van der Waals surface area contributed by atoms with Gasteiger partial charge in [-0.2, -0.15) is 0 Å². The number of fused-ring (bicyclic) bond motifs is 2. The standard InChI is InChI=1S/2C13H13N5O5S2.Ca/c2*1-23-17-7(5-4-25-13(14)15-5)9(19)16-8-10(20)18-6(12(21)22)2-3-24-11(8)18;/h2*2,4,8,11H,3H2,1H3,(H2,14,15)(H,16,19)(H,21,22);/q;;+2/p-2/t2*8?,11-;/m11./s1. The SMILES string of the molecule is CON=C(C(=O)NC1C(=O)N2C(C(=O)[O-])=CCS[C@H]12)c1csc(N)n1.CON=C(C(=O)NC1C(=O)N2C(C(=O)[O-])=CCS[C@H]12)c1csc(N)n1.[Ca+2]. The Labute approximate surface area is 333 Å². The Morgan fingerprint density at radius 3 is 1.45 bits per heavy atom. The molecule has 20 nitrogen and oxygen atoms in total. The van der Waals surface area contributed by atoms with Gasteiger partial charge in [0.15, 0.2) is 21.7 Å². The van der Waals surface area contributed by atoms with Crippen LogP contribution in [0.15, 0.2) is 44.6 Å². The van der Waals surface area contributed by atoms with E-state index in [0.717, 1.165) is 32.5 Å². The number of carbonyl (C=O) groups excluding carboxylic acids is 6. The maximum atomic E-state index is 12.5. The summed E-state index contributed by atoms with van der Waals surface area (Å²) in [6, 6.07) is -1.75. The van der Waals surface area contributed by atoms with Crippen LogP contribution < -0.4 is 32.3 Å². The number of nitrogen functional groups attached to an aromatic ring is 2. The van der Waals surface area contributed by atoms with Crippen molar-refractivity contribution in [2.75, 3.05) is 37.2 Å². The van der Waals surface area contributed by atoms with Gasteiger partial charge >= 0.3 is 37.7 Å². The Morgan fingerprint density at radius 2 is 1.16 bits per heavy atom. The Balaban J connectivity index is 0.000000224. The number of thiazole rings is 2. The van der Waals surface area contributed by atoms with E-state index in [1.807, 2.05) is 0 Å². The van der Waals surface area contributed by atoms with Crippen LogP contribution in [0.5, 0.6) is 0 Å². The largest absolute Gasteiger partial charge is 2.00 e. The van der Waals surface area contributed by atoms with E-state index >= 15 is 0 Å². The van der Waals surface area contributed by atoms with Crippen molar-refractivity contribution < 1.29 is 48.7 Å². The van der Waals surface area contributed by atoms with Crippen LogP contribution in [0.3, 0.4) is 0 Å². The van der Waals surface area contributed by atoms with Gasteiger partial charge in [0.1, 0.15) is 48.4 Å². The van der Waals surface area contributed by atoms with E-state index in [1.54, 1.807) is 0 Å². The molecule has 6 heterocycles. The average molecular weight is 805 g/mol. The number of hydrogen-bond donors (Lipinski definition) is 4. The number of carboxylic acid groups (broad SMARTS) is 2. The third-order valence-corrected chi connectivity index (χ3v) is 10.7. The van der Waals surface area contributed by atoms with Crippen molar-refractivity contribution in [3.05, 3.63) is 45.7 Å². The molecular weight excluding hydrogens is 781 g/mol. The molecule has 4 atom stereocenters. The van der Waals surface area contributed by atoms with Gasteiger partial charge in [0.05, 0.1) is 23.3 Å². The van der Waals surface area contributed by atoms with Gasteiger partial charge in [-0.05, 0) is 12.2 Å². The fourth-order valence-corrected chi connectivity index (χ4v) is 8.35. The third kappa shape index (κ3) is 8.26. The van der Waals surface area contributed by atoms with E-state index in [4.69, 9.17) is 11.5 Å². The zero-order valence-corrected chi connectivity index (χ0v) is 31.8. The van der Waals surface area contributed by atoms with Crippen molar-refractivity contribution in [1.29, 1.82) is 0 Å². The van der Waals surface area contributed by atoms with E-state index < -0.39 is 58.4 Å². The van der Waals surface area contributed by atoms with Gasteiger partial charge in [-0.15, -0.1) is 46.2 Å². The molecule has 4 amide bonds. The summed E-state index contributed by atoms with van der Waals surface area (Å²) < 4.78 is 0. The van der Waals surface area contributed by atoms with Crippen molar-refractivity contribution in [2.45, 2.75) is 22.8 Å². The Kier molecular flexibility index (Phi) is 13.3. The number of hydrogen-bond acceptors (Lipinski definition) is 20. The smallest absolute Gasteiger partial charge is 0.543 e. The predicted octanol–water partition coefficient (Wildman–Crippen LogP) is -4.16. The maximum absolute atomic E-state index is 12.5. The Bertz CT molecular complexity index is 1750. The molecule has 0 radical (unpaired) electrons. The number of aliphatic carboxylic acids is 2. The fraction of sp³-hybridized carbons (Fsp3) is 0.308. The molecule has 6 N–H and O–H groups in total. The molecule has 51 heavy (non-hydrogen) atoms. The molecular formula is C26H24CaN10O10S4. The molecule has 2 aromatic rings. The van der Waals surface area contributed by atoms with Crippen LogP contribution >= 0.6 is 46.2 Å². The average Bonchev–Trinajstić information content (AvgIpc) is 3.73. The first-order valence-corrected chi connectivity index (χ1v) is 17.7. The summed E-state index contributed by atoms with van der Waals surface area (Å²) in [7, 11) is 2.54. The van der Waals surface area contributed by atoms with E-state index in [9.17, 15) is 39.0 Å². The van der Waals surface area contributed by atoms with E-state index in [0.29, 0.717) is 11.5 Å². The third-order valence-electron chi connectivity index (χ3n) is 7.01. The van der Waals surface area contributed by atoms with Crippen molar-refractivity contribution in [2.24, 2.45) is 10.3 Å². The fourth-order valence-electron chi connectivity index (χ4n) is 4.86. The van der Waals surface area contributed by atoms with Gasteiger partial charge in [-0.3, -0.25) is 29.0 Å². The number of rotatable bonds is 10. The molecule has 0 aromatic carbocycles. The van der Waals surface area contributed by atoms with Crippen molar-refractivity contribution in [3.8, 4) is 0 Å². The van der Waals surface area contributed by atoms with Gasteiger partial charge in [0.25, 0.3) is 23.6 Å². The number of carboxylic acids is 2. The van der Waals surface area contributed by atoms with Crippen LogP contribution in [0, 0.1) is 0 Å². The van der Waals surface area contributed by atoms with Crippen molar-refractivity contribution >= 4 is 141 Å². The normalized spacial score (nSPS) is 22.2. The van der Waals surface area contributed by atoms with Crippen LogP contribution in [0.2, 0.25) is 0 Å². The number of thioether (sulfide) groups is 2. The number of carbonyl (C=O) groups is 6. The summed E-state index contributed by atoms with van der Waals surface area (Å²) >= 11 is 4.92. The zero-order valence-electron chi connectivity index (χ0n) is 26.3. The summed E-state index contributed by atoms with van der Waals surface area (Å²) in [5, 5.41) is 37.1. The van der Waals surface area contributed by atoms with E-state index in [1.165, 1.54) is 60.7 Å². The van der Waals surface area contributed by atoms with E-state index in [2.05, 4.69) is 40.6 Å². The minimum absolute atomic E-state index is 0. The predicted molar refractivity (Wildman–Crippen MR) is 182 cm³/mol. The number of nitrogens with two attached hydrogens (primary N) is 2. The molecule has 264 valence electrons. The molecule has 0 spiro atoms. The molecule has 0 saturated carbocycles. The summed E-state index contributed by atoms with van der Waals surface area (Å²) in [6.45, 7) is 0. The maximum Gasteiger partial charge on any atom is 2.00 e. The van der Waals surface area contributed by atoms with Crippen LogP contribution in [-0.4, -0.2) is 153 Å². The second-order valence-electron chi connectivity index (χ2n) is 9.91. The molecule has 2 unspecified atom stereocenters. The number of β-lactam (4-membered cyclic amide) rings is 2. The molecule has 6 rings (SSSR count). The van der Waals surface area contributed by atoms with E-state index in [-0.39, 0.29) is 82.2 Å². The monoisotopic (exact) mass is 804 g/mol. The van der Waals surface area contributed by atoms with Gasteiger partial charge in [-0.25, -0.2) is 9.97 Å². The second kappa shape index (κ2) is 17.1. The van der Waals surface area contributed by atoms with Gasteiger partial charge in [0.2, 0.25) is 0 Å². The molecule has 2 aromatic heterocycles. The number of nitrogens with zero attached hydrogens (tertiary/aromatic N) is 6. The number of anilines is 2. The zero-order chi connectivity index (χ0) is 36.3. The summed E-state index contributed by atoms with van der Waals surface area (Å²) in [5.41, 5.74) is 10.9. The molecule has 2 fully saturated rings. The molecule has 0 aliphatic carbocycles. The van der Waals surface area contributed by atoms with Gasteiger partial charge < -0.3 is 51.6 Å².